The van der Waals surface area contributed by atoms with Crippen molar-refractivity contribution in [2.24, 2.45) is 0 Å². The van der Waals surface area contributed by atoms with Gasteiger partial charge in [-0.1, -0.05) is 0 Å². The maximum Gasteiger partial charge on any atom is 4.00 e. The molecule has 0 heterocycles. The quantitative estimate of drug-likeness (QED) is 0.458. The molecule has 0 amide bonds. The van der Waals surface area contributed by atoms with E-state index in [0.717, 1.165) is 0 Å². The first-order chi connectivity index (χ1) is 2.64. The zero-order valence-corrected chi connectivity index (χ0v) is 6.67. The van der Waals surface area contributed by atoms with E-state index < -0.39 is 11.9 Å². The molecule has 0 aliphatic rings. The Labute approximate surface area is 64.4 Å². The van der Waals surface area contributed by atoms with Gasteiger partial charge < -0.3 is 16.4 Å². The summed E-state index contributed by atoms with van der Waals surface area (Å²) in [6.07, 6.45) is 0. The van der Waals surface area contributed by atoms with E-state index in [2.05, 4.69) is 0 Å². The van der Waals surface area contributed by atoms with Gasteiger partial charge in [0.1, 0.15) is 0 Å². The molecule has 0 aromatic carbocycles. The van der Waals surface area contributed by atoms with Gasteiger partial charge in [0, 0.05) is 0 Å². The topological polar surface area (TPSA) is 111 Å². The third-order valence-electron chi connectivity index (χ3n) is 0.183. The first kappa shape index (κ1) is 15.7. The number of carboxylic acids is 2. The summed E-state index contributed by atoms with van der Waals surface area (Å²) < 4.78 is 0. The Balaban J connectivity index is -0.000000125. The van der Waals surface area contributed by atoms with Gasteiger partial charge in [-0.05, 0) is 0 Å². The SMILES string of the molecule is O=C(O)C(=O)O.[NH4+].[Zr+4]. The standard InChI is InChI=1S/C2H2O4.H3N.Zr/c3-1(4)2(5)6;;/h(H,3,4)(H,5,6);1H3;/q;;+4/p+1. The van der Waals surface area contributed by atoms with Crippen molar-refractivity contribution in [3.8, 4) is 0 Å². The number of carbonyl (C=O) groups is 2. The molecule has 0 radical (unpaired) electrons. The molecule has 6 heteroatoms. The first-order valence-corrected chi connectivity index (χ1v) is 1.11. The molecule has 42 valence electrons. The molecule has 0 atom stereocenters. The van der Waals surface area contributed by atoms with Gasteiger partial charge in [-0.2, -0.15) is 0 Å². The van der Waals surface area contributed by atoms with E-state index in [-0.39, 0.29) is 32.4 Å². The predicted molar refractivity (Wildman–Crippen MR) is 21.3 cm³/mol. The van der Waals surface area contributed by atoms with Gasteiger partial charge in [0.2, 0.25) is 0 Å². The average Bonchev–Trinajstić information content (AvgIpc) is 1.36. The Morgan fingerprint density at radius 3 is 1.12 bits per heavy atom. The minimum absolute atomic E-state index is 0. The van der Waals surface area contributed by atoms with Gasteiger partial charge >= 0.3 is 38.1 Å². The monoisotopic (exact) mass is 198 g/mol. The van der Waals surface area contributed by atoms with E-state index in [1.165, 1.54) is 0 Å². The molecule has 0 aliphatic carbocycles. The van der Waals surface area contributed by atoms with Crippen molar-refractivity contribution in [3.63, 3.8) is 0 Å². The first-order valence-electron chi connectivity index (χ1n) is 1.11. The molecule has 0 rings (SSSR count). The van der Waals surface area contributed by atoms with Crippen LogP contribution >= 0.6 is 0 Å². The van der Waals surface area contributed by atoms with Crippen LogP contribution in [0.15, 0.2) is 0 Å². The maximum absolute atomic E-state index is 9.10. The summed E-state index contributed by atoms with van der Waals surface area (Å²) in [4.78, 5) is 18.2. The van der Waals surface area contributed by atoms with Crippen LogP contribution in [0.2, 0.25) is 0 Å². The third kappa shape index (κ3) is 9.24. The zero-order chi connectivity index (χ0) is 5.15. The van der Waals surface area contributed by atoms with Crippen LogP contribution in [0, 0.1) is 0 Å². The molecular formula is C2H6NO4Zr+5. The fourth-order valence-corrected chi connectivity index (χ4v) is 0. The Morgan fingerprint density at radius 1 is 1.00 bits per heavy atom. The number of quaternary nitrogens is 1. The van der Waals surface area contributed by atoms with Crippen LogP contribution in [-0.2, 0) is 35.8 Å². The van der Waals surface area contributed by atoms with Crippen molar-refractivity contribution >= 4 is 11.9 Å². The Hall–Kier alpha value is -0.217. The molecule has 0 unspecified atom stereocenters. The Morgan fingerprint density at radius 2 is 1.12 bits per heavy atom. The van der Waals surface area contributed by atoms with Crippen LogP contribution in [-0.4, -0.2) is 22.2 Å². The second-order valence-electron chi connectivity index (χ2n) is 0.610. The smallest absolute Gasteiger partial charge is 0.473 e. The molecule has 0 saturated heterocycles. The summed E-state index contributed by atoms with van der Waals surface area (Å²) in [5, 5.41) is 14.8. The van der Waals surface area contributed by atoms with Crippen LogP contribution in [0.25, 0.3) is 0 Å². The van der Waals surface area contributed by atoms with Crippen molar-refractivity contribution in [1.29, 1.82) is 0 Å². The minimum Gasteiger partial charge on any atom is -0.473 e. The van der Waals surface area contributed by atoms with Gasteiger partial charge in [0.15, 0.2) is 0 Å². The summed E-state index contributed by atoms with van der Waals surface area (Å²) in [6, 6.07) is 0. The molecule has 0 spiro atoms. The second kappa shape index (κ2) is 6.78. The van der Waals surface area contributed by atoms with E-state index >= 15 is 0 Å². The van der Waals surface area contributed by atoms with Crippen LogP contribution in [0.5, 0.6) is 0 Å². The predicted octanol–water partition coefficient (Wildman–Crippen LogP) is -0.471. The third-order valence-corrected chi connectivity index (χ3v) is 0.183. The van der Waals surface area contributed by atoms with Crippen molar-refractivity contribution in [2.75, 3.05) is 0 Å². The summed E-state index contributed by atoms with van der Waals surface area (Å²) in [5.74, 6) is -3.65. The van der Waals surface area contributed by atoms with Crippen molar-refractivity contribution < 1.29 is 46.0 Å². The summed E-state index contributed by atoms with van der Waals surface area (Å²) >= 11 is 0. The Bertz CT molecular complexity index is 80.0. The van der Waals surface area contributed by atoms with Gasteiger partial charge in [-0.15, -0.1) is 0 Å². The number of hydrogen-bond donors (Lipinski definition) is 3. The van der Waals surface area contributed by atoms with Crippen LogP contribution in [0.3, 0.4) is 0 Å². The van der Waals surface area contributed by atoms with E-state index in [0.29, 0.717) is 0 Å². The minimum atomic E-state index is -1.82. The van der Waals surface area contributed by atoms with Crippen molar-refractivity contribution in [3.05, 3.63) is 0 Å². The number of carboxylic acid groups (broad SMARTS) is 2. The van der Waals surface area contributed by atoms with Crippen LogP contribution in [0.1, 0.15) is 0 Å². The molecule has 0 aromatic rings. The zero-order valence-electron chi connectivity index (χ0n) is 4.21. The fourth-order valence-electron chi connectivity index (χ4n) is 0. The summed E-state index contributed by atoms with van der Waals surface area (Å²) in [7, 11) is 0. The molecule has 0 aromatic heterocycles. The number of hydrogen-bond acceptors (Lipinski definition) is 2. The Kier molecular flexibility index (Phi) is 13.3. The molecule has 0 bridgehead atoms. The van der Waals surface area contributed by atoms with E-state index in [1.54, 1.807) is 0 Å². The average molecular weight is 199 g/mol. The molecule has 0 fully saturated rings. The second-order valence-corrected chi connectivity index (χ2v) is 0.610. The van der Waals surface area contributed by atoms with Crippen molar-refractivity contribution in [1.82, 2.24) is 6.15 Å². The van der Waals surface area contributed by atoms with Crippen LogP contribution < -0.4 is 6.15 Å². The molecular weight excluding hydrogens is 193 g/mol. The fraction of sp³-hybridized carbons (Fsp3) is 0. The van der Waals surface area contributed by atoms with Gasteiger partial charge in [0.25, 0.3) is 0 Å². The van der Waals surface area contributed by atoms with Gasteiger partial charge in [-0.25, -0.2) is 9.59 Å². The number of rotatable bonds is 0. The summed E-state index contributed by atoms with van der Waals surface area (Å²) in [5.41, 5.74) is 0. The van der Waals surface area contributed by atoms with Crippen LogP contribution in [0.4, 0.5) is 0 Å². The molecule has 6 N–H and O–H groups in total. The van der Waals surface area contributed by atoms with Gasteiger partial charge in [-0.3, -0.25) is 0 Å². The van der Waals surface area contributed by atoms with E-state index in [4.69, 9.17) is 19.8 Å². The molecule has 0 saturated carbocycles. The number of aliphatic carboxylic acids is 2. The molecule has 0 aliphatic heterocycles. The van der Waals surface area contributed by atoms with E-state index in [9.17, 15) is 0 Å². The van der Waals surface area contributed by atoms with E-state index in [1.807, 2.05) is 0 Å². The summed E-state index contributed by atoms with van der Waals surface area (Å²) in [6.45, 7) is 0. The normalized spacial score (nSPS) is 5.50. The largest absolute Gasteiger partial charge is 4.00 e. The van der Waals surface area contributed by atoms with Gasteiger partial charge in [0.05, 0.1) is 0 Å². The maximum atomic E-state index is 9.10. The molecule has 5 nitrogen and oxygen atoms in total. The molecule has 8 heavy (non-hydrogen) atoms. The van der Waals surface area contributed by atoms with Crippen molar-refractivity contribution in [2.45, 2.75) is 0 Å².